The number of fused-ring (bicyclic) bond motifs is 1. The van der Waals surface area contributed by atoms with Crippen molar-refractivity contribution in [1.82, 2.24) is 24.3 Å². The number of nitrogens with one attached hydrogen (secondary N) is 1. The second-order valence-electron chi connectivity index (χ2n) is 7.86. The van der Waals surface area contributed by atoms with Crippen molar-refractivity contribution in [1.29, 1.82) is 0 Å². The van der Waals surface area contributed by atoms with Crippen LogP contribution in [0.2, 0.25) is 0 Å². The van der Waals surface area contributed by atoms with Crippen LogP contribution in [0.1, 0.15) is 18.1 Å². The van der Waals surface area contributed by atoms with Gasteiger partial charge in [-0.1, -0.05) is 60.6 Å². The van der Waals surface area contributed by atoms with Crippen LogP contribution < -0.4 is 11.0 Å². The lowest BCUT2D eigenvalue weighted by Crippen LogP contribution is -2.28. The first-order valence-electron chi connectivity index (χ1n) is 10.9. The zero-order valence-corrected chi connectivity index (χ0v) is 18.7. The van der Waals surface area contributed by atoms with E-state index < -0.39 is 5.69 Å². The number of nitrogens with zero attached hydrogens (tertiary/aromatic N) is 5. The minimum atomic E-state index is -0.435. The highest BCUT2D eigenvalue weighted by atomic mass is 16.5. The summed E-state index contributed by atoms with van der Waals surface area (Å²) in [6.45, 7) is 3.74. The molecule has 0 bridgehead atoms. The predicted molar refractivity (Wildman–Crippen MR) is 127 cm³/mol. The van der Waals surface area contributed by atoms with Gasteiger partial charge in [0.2, 0.25) is 11.7 Å². The number of anilines is 1. The normalized spacial score (nSPS) is 11.1. The first-order chi connectivity index (χ1) is 16.5. The van der Waals surface area contributed by atoms with Gasteiger partial charge < -0.3 is 9.84 Å². The Morgan fingerprint density at radius 2 is 1.88 bits per heavy atom. The van der Waals surface area contributed by atoms with Crippen LogP contribution in [0.25, 0.3) is 28.5 Å². The lowest BCUT2D eigenvalue weighted by Gasteiger charge is -2.12. The lowest BCUT2D eigenvalue weighted by molar-refractivity contribution is -0.117. The molecule has 3 aromatic heterocycles. The Labute approximate surface area is 194 Å². The van der Waals surface area contributed by atoms with Gasteiger partial charge in [-0.05, 0) is 36.6 Å². The maximum atomic E-state index is 12.9. The molecule has 0 spiro atoms. The molecule has 5 rings (SSSR count). The molecular weight excluding hydrogens is 432 g/mol. The average Bonchev–Trinajstić information content (AvgIpc) is 3.46. The molecule has 0 unspecified atom stereocenters. The highest BCUT2D eigenvalue weighted by molar-refractivity contribution is 5.92. The number of aromatic nitrogens is 5. The van der Waals surface area contributed by atoms with Gasteiger partial charge in [0.05, 0.1) is 5.56 Å². The number of para-hydroxylation sites is 1. The third-order valence-electron chi connectivity index (χ3n) is 5.60. The Bertz CT molecular complexity index is 1550. The number of hydrogen-bond acceptors (Lipinski definition) is 6. The molecule has 170 valence electrons. The minimum Gasteiger partial charge on any atom is -0.333 e. The number of aryl methyl sites for hydroxylation is 2. The molecule has 5 aromatic rings. The van der Waals surface area contributed by atoms with Crippen molar-refractivity contribution in [3.8, 4) is 22.8 Å². The summed E-state index contributed by atoms with van der Waals surface area (Å²) in [5.74, 6) is 0.336. The van der Waals surface area contributed by atoms with E-state index in [1.807, 2.05) is 62.4 Å². The highest BCUT2D eigenvalue weighted by Crippen LogP contribution is 2.24. The molecule has 9 heteroatoms. The van der Waals surface area contributed by atoms with Crippen molar-refractivity contribution in [3.63, 3.8) is 0 Å². The van der Waals surface area contributed by atoms with Crippen molar-refractivity contribution in [2.24, 2.45) is 0 Å². The summed E-state index contributed by atoms with van der Waals surface area (Å²) in [4.78, 5) is 30.2. The van der Waals surface area contributed by atoms with E-state index in [1.54, 1.807) is 18.3 Å². The standard InChI is InChI=1S/C25H22N6O3/c1-3-17-12-7-9-16(2)21(17)26-20(32)15-31-25(33)30-14-8-13-19(23(30)28-31)24-27-22(29-34-24)18-10-5-4-6-11-18/h4-14H,3,15H2,1-2H3,(H,26,32). The van der Waals surface area contributed by atoms with Crippen molar-refractivity contribution in [2.75, 3.05) is 5.32 Å². The first-order valence-corrected chi connectivity index (χ1v) is 10.9. The fraction of sp³-hybridized carbons (Fsp3) is 0.160. The molecule has 34 heavy (non-hydrogen) atoms. The van der Waals surface area contributed by atoms with Gasteiger partial charge in [-0.2, -0.15) is 4.98 Å². The van der Waals surface area contributed by atoms with Gasteiger partial charge in [0.1, 0.15) is 6.54 Å². The first kappa shape index (κ1) is 21.3. The molecular formula is C25H22N6O3. The Hall–Kier alpha value is -4.53. The SMILES string of the molecule is CCc1cccc(C)c1NC(=O)Cn1nc2c(-c3nc(-c4ccccc4)no3)cccn2c1=O. The number of amides is 1. The third-order valence-corrected chi connectivity index (χ3v) is 5.60. The Morgan fingerprint density at radius 1 is 1.06 bits per heavy atom. The van der Waals surface area contributed by atoms with Gasteiger partial charge >= 0.3 is 5.69 Å². The van der Waals surface area contributed by atoms with E-state index in [2.05, 4.69) is 20.6 Å². The summed E-state index contributed by atoms with van der Waals surface area (Å²) in [5.41, 5.74) is 3.97. The lowest BCUT2D eigenvalue weighted by atomic mass is 10.1. The second-order valence-corrected chi connectivity index (χ2v) is 7.86. The van der Waals surface area contributed by atoms with Crippen LogP contribution in [-0.2, 0) is 17.8 Å². The fourth-order valence-electron chi connectivity index (χ4n) is 3.86. The number of hydrogen-bond donors (Lipinski definition) is 1. The van der Waals surface area contributed by atoms with Gasteiger partial charge in [-0.3, -0.25) is 4.79 Å². The summed E-state index contributed by atoms with van der Waals surface area (Å²) < 4.78 is 7.95. The van der Waals surface area contributed by atoms with Crippen LogP contribution in [0.15, 0.2) is 76.2 Å². The number of carbonyl (C=O) groups excluding carboxylic acids is 1. The Morgan fingerprint density at radius 3 is 2.68 bits per heavy atom. The van der Waals surface area contributed by atoms with Crippen molar-refractivity contribution >= 4 is 17.2 Å². The molecule has 9 nitrogen and oxygen atoms in total. The van der Waals surface area contributed by atoms with Crippen LogP contribution in [0.4, 0.5) is 5.69 Å². The number of pyridine rings is 1. The highest BCUT2D eigenvalue weighted by Gasteiger charge is 2.19. The summed E-state index contributed by atoms with van der Waals surface area (Å²) in [5, 5.41) is 11.4. The molecule has 1 amide bonds. The number of rotatable bonds is 6. The van der Waals surface area contributed by atoms with E-state index in [4.69, 9.17) is 4.52 Å². The van der Waals surface area contributed by atoms with Crippen molar-refractivity contribution in [3.05, 3.63) is 88.5 Å². The van der Waals surface area contributed by atoms with Gasteiger partial charge in [0, 0.05) is 17.4 Å². The molecule has 3 heterocycles. The molecule has 0 saturated heterocycles. The van der Waals surface area contributed by atoms with Gasteiger partial charge in [-0.15, -0.1) is 5.10 Å². The van der Waals surface area contributed by atoms with E-state index in [0.29, 0.717) is 17.0 Å². The zero-order valence-electron chi connectivity index (χ0n) is 18.7. The van der Waals surface area contributed by atoms with Crippen molar-refractivity contribution < 1.29 is 9.32 Å². The van der Waals surface area contributed by atoms with Gasteiger partial charge in [0.15, 0.2) is 5.65 Å². The topological polar surface area (TPSA) is 107 Å². The van der Waals surface area contributed by atoms with Crippen molar-refractivity contribution in [2.45, 2.75) is 26.8 Å². The molecule has 1 N–H and O–H groups in total. The van der Waals surface area contributed by atoms with E-state index in [0.717, 1.165) is 33.5 Å². The van der Waals surface area contributed by atoms with Gasteiger partial charge in [0.25, 0.3) is 5.89 Å². The predicted octanol–water partition coefficient (Wildman–Crippen LogP) is 3.72. The van der Waals surface area contributed by atoms with Crippen LogP contribution in [0.5, 0.6) is 0 Å². The zero-order chi connectivity index (χ0) is 23.7. The smallest absolute Gasteiger partial charge is 0.333 e. The number of benzene rings is 2. The fourth-order valence-corrected chi connectivity index (χ4v) is 3.86. The Kier molecular flexibility index (Phi) is 5.51. The summed E-state index contributed by atoms with van der Waals surface area (Å²) in [7, 11) is 0. The Balaban J connectivity index is 1.46. The summed E-state index contributed by atoms with van der Waals surface area (Å²) in [6.07, 6.45) is 2.37. The van der Waals surface area contributed by atoms with E-state index in [-0.39, 0.29) is 18.3 Å². The molecule has 0 aliphatic heterocycles. The molecule has 2 aromatic carbocycles. The van der Waals surface area contributed by atoms with Crippen LogP contribution in [-0.4, -0.2) is 30.2 Å². The quantitative estimate of drug-likeness (QED) is 0.419. The molecule has 0 aliphatic carbocycles. The molecule has 0 saturated carbocycles. The molecule has 0 fully saturated rings. The van der Waals surface area contributed by atoms with E-state index in [9.17, 15) is 9.59 Å². The summed E-state index contributed by atoms with van der Waals surface area (Å²) in [6, 6.07) is 18.8. The van der Waals surface area contributed by atoms with Crippen LogP contribution in [0, 0.1) is 6.92 Å². The average molecular weight is 454 g/mol. The molecule has 0 aliphatic rings. The molecule has 0 atom stereocenters. The number of carbonyl (C=O) groups is 1. The maximum Gasteiger partial charge on any atom is 0.350 e. The van der Waals surface area contributed by atoms with E-state index >= 15 is 0 Å². The minimum absolute atomic E-state index is 0.226. The second kappa shape index (κ2) is 8.78. The maximum absolute atomic E-state index is 12.9. The summed E-state index contributed by atoms with van der Waals surface area (Å²) >= 11 is 0. The van der Waals surface area contributed by atoms with Gasteiger partial charge in [-0.25, -0.2) is 13.9 Å². The third kappa shape index (κ3) is 3.88. The largest absolute Gasteiger partial charge is 0.350 e. The monoisotopic (exact) mass is 454 g/mol. The van der Waals surface area contributed by atoms with Crippen LogP contribution >= 0.6 is 0 Å². The van der Waals surface area contributed by atoms with E-state index in [1.165, 1.54) is 4.40 Å². The van der Waals surface area contributed by atoms with Crippen LogP contribution in [0.3, 0.4) is 0 Å². The molecule has 0 radical (unpaired) electrons.